The van der Waals surface area contributed by atoms with Gasteiger partial charge in [0.25, 0.3) is 5.91 Å². The van der Waals surface area contributed by atoms with Crippen molar-refractivity contribution >= 4 is 27.3 Å². The lowest BCUT2D eigenvalue weighted by Gasteiger charge is -2.12. The molecule has 1 amide bonds. The van der Waals surface area contributed by atoms with Crippen LogP contribution in [-0.4, -0.2) is 38.5 Å². The topological polar surface area (TPSA) is 72.5 Å². The van der Waals surface area contributed by atoms with E-state index in [0.717, 1.165) is 0 Å². The van der Waals surface area contributed by atoms with Gasteiger partial charge in [-0.25, -0.2) is 8.42 Å². The Hall–Kier alpha value is -1.27. The minimum atomic E-state index is -3.01. The second kappa shape index (κ2) is 6.01. The molecule has 1 aromatic rings. The van der Waals surface area contributed by atoms with Gasteiger partial charge >= 0.3 is 0 Å². The van der Waals surface area contributed by atoms with Crippen LogP contribution in [0.2, 0.25) is 5.02 Å². The molecule has 0 spiro atoms. The maximum Gasteiger partial charge on any atom is 0.251 e. The molecule has 0 saturated carbocycles. The van der Waals surface area contributed by atoms with Crippen molar-refractivity contribution < 1.29 is 17.9 Å². The molecule has 5 nitrogen and oxygen atoms in total. The number of benzene rings is 1. The Labute approximate surface area is 123 Å². The van der Waals surface area contributed by atoms with E-state index in [-0.39, 0.29) is 23.5 Å². The summed E-state index contributed by atoms with van der Waals surface area (Å²) < 4.78 is 28.0. The number of nitrogens with one attached hydrogen (secondary N) is 1. The molecule has 20 heavy (non-hydrogen) atoms. The Morgan fingerprint density at radius 2 is 2.25 bits per heavy atom. The maximum absolute atomic E-state index is 12.0. The molecule has 2 rings (SSSR count). The van der Waals surface area contributed by atoms with Gasteiger partial charge in [0.1, 0.15) is 5.75 Å². The van der Waals surface area contributed by atoms with Crippen molar-refractivity contribution in [2.45, 2.75) is 19.4 Å². The van der Waals surface area contributed by atoms with Crippen molar-refractivity contribution in [1.82, 2.24) is 5.32 Å². The molecule has 1 N–H and O–H groups in total. The van der Waals surface area contributed by atoms with E-state index in [4.69, 9.17) is 16.3 Å². The zero-order valence-electron chi connectivity index (χ0n) is 11.1. The van der Waals surface area contributed by atoms with Crippen LogP contribution in [0.3, 0.4) is 0 Å². The third-order valence-corrected chi connectivity index (χ3v) is 5.12. The molecule has 1 aliphatic rings. The second-order valence-corrected chi connectivity index (χ2v) is 7.29. The summed E-state index contributed by atoms with van der Waals surface area (Å²) in [7, 11) is -3.01. The van der Waals surface area contributed by atoms with Crippen molar-refractivity contribution in [3.05, 3.63) is 28.8 Å². The molecular weight excluding hydrogens is 302 g/mol. The molecule has 0 radical (unpaired) electrons. The highest BCUT2D eigenvalue weighted by atomic mass is 35.5. The number of carbonyl (C=O) groups is 1. The molecule has 0 aliphatic carbocycles. The largest absolute Gasteiger partial charge is 0.492 e. The summed E-state index contributed by atoms with van der Waals surface area (Å²) in [4.78, 5) is 12.0. The van der Waals surface area contributed by atoms with E-state index in [1.807, 2.05) is 6.92 Å². The van der Waals surface area contributed by atoms with E-state index < -0.39 is 9.84 Å². The molecule has 110 valence electrons. The molecule has 0 bridgehead atoms. The van der Waals surface area contributed by atoms with Crippen molar-refractivity contribution in [2.24, 2.45) is 0 Å². The minimum Gasteiger partial charge on any atom is -0.492 e. The first-order valence-electron chi connectivity index (χ1n) is 6.35. The predicted molar refractivity (Wildman–Crippen MR) is 77.1 cm³/mol. The summed E-state index contributed by atoms with van der Waals surface area (Å²) >= 11 is 6.01. The van der Waals surface area contributed by atoms with Gasteiger partial charge in [0.2, 0.25) is 0 Å². The molecule has 1 fully saturated rings. The number of hydrogen-bond acceptors (Lipinski definition) is 4. The van der Waals surface area contributed by atoms with Crippen LogP contribution in [-0.2, 0) is 9.84 Å². The van der Waals surface area contributed by atoms with E-state index in [2.05, 4.69) is 5.32 Å². The lowest BCUT2D eigenvalue weighted by molar-refractivity contribution is 0.0941. The van der Waals surface area contributed by atoms with Gasteiger partial charge in [-0.15, -0.1) is 0 Å². The number of ether oxygens (including phenoxy) is 1. The van der Waals surface area contributed by atoms with Gasteiger partial charge in [-0.1, -0.05) is 11.6 Å². The Morgan fingerprint density at radius 1 is 1.50 bits per heavy atom. The van der Waals surface area contributed by atoms with Crippen LogP contribution < -0.4 is 10.1 Å². The van der Waals surface area contributed by atoms with Crippen molar-refractivity contribution in [3.63, 3.8) is 0 Å². The summed E-state index contributed by atoms with van der Waals surface area (Å²) in [6, 6.07) is 4.44. The van der Waals surface area contributed by atoms with Crippen LogP contribution in [0.15, 0.2) is 18.2 Å². The summed E-state index contributed by atoms with van der Waals surface area (Å²) in [5.41, 5.74) is 0.391. The highest BCUT2D eigenvalue weighted by Gasteiger charge is 2.29. The Morgan fingerprint density at radius 3 is 2.80 bits per heavy atom. The molecule has 1 heterocycles. The number of sulfone groups is 1. The van der Waals surface area contributed by atoms with Crippen molar-refractivity contribution in [3.8, 4) is 5.75 Å². The number of amides is 1. The molecule has 7 heteroatoms. The van der Waals surface area contributed by atoms with E-state index in [9.17, 15) is 13.2 Å². The van der Waals surface area contributed by atoms with Crippen LogP contribution >= 0.6 is 11.6 Å². The zero-order chi connectivity index (χ0) is 14.8. The van der Waals surface area contributed by atoms with E-state index in [0.29, 0.717) is 29.4 Å². The standard InChI is InChI=1S/C13H16ClNO4S/c1-2-19-12-4-3-9(7-11(12)14)13(16)15-10-5-6-20(17,18)8-10/h3-4,7,10H,2,5-6,8H2,1H3,(H,15,16). The van der Waals surface area contributed by atoms with Gasteiger partial charge in [0.15, 0.2) is 9.84 Å². The van der Waals surface area contributed by atoms with E-state index in [1.54, 1.807) is 12.1 Å². The van der Waals surface area contributed by atoms with Gasteiger partial charge in [-0.2, -0.15) is 0 Å². The summed E-state index contributed by atoms with van der Waals surface area (Å²) in [5.74, 6) is 0.331. The third-order valence-electron chi connectivity index (χ3n) is 3.06. The first-order valence-corrected chi connectivity index (χ1v) is 8.55. The average molecular weight is 318 g/mol. The molecule has 1 unspecified atom stereocenters. The predicted octanol–water partition coefficient (Wildman–Crippen LogP) is 1.66. The number of carbonyl (C=O) groups excluding carboxylic acids is 1. The van der Waals surface area contributed by atoms with Crippen LogP contribution in [0.1, 0.15) is 23.7 Å². The third kappa shape index (κ3) is 3.64. The first kappa shape index (κ1) is 15.1. The van der Waals surface area contributed by atoms with Crippen molar-refractivity contribution in [2.75, 3.05) is 18.1 Å². The van der Waals surface area contributed by atoms with E-state index in [1.165, 1.54) is 6.07 Å². The van der Waals surface area contributed by atoms with Gasteiger partial charge < -0.3 is 10.1 Å². The molecule has 1 saturated heterocycles. The molecule has 0 aromatic heterocycles. The smallest absolute Gasteiger partial charge is 0.251 e. The number of hydrogen-bond donors (Lipinski definition) is 1. The highest BCUT2D eigenvalue weighted by Crippen LogP contribution is 2.25. The normalized spacial score (nSPS) is 20.6. The fraction of sp³-hybridized carbons (Fsp3) is 0.462. The quantitative estimate of drug-likeness (QED) is 0.916. The Balaban J connectivity index is 2.04. The highest BCUT2D eigenvalue weighted by molar-refractivity contribution is 7.91. The van der Waals surface area contributed by atoms with Crippen LogP contribution in [0.25, 0.3) is 0 Å². The monoisotopic (exact) mass is 317 g/mol. The summed E-state index contributed by atoms with van der Waals surface area (Å²) in [6.07, 6.45) is 0.457. The Kier molecular flexibility index (Phi) is 4.55. The summed E-state index contributed by atoms with van der Waals surface area (Å²) in [5, 5.41) is 3.07. The van der Waals surface area contributed by atoms with Gasteiger partial charge in [0.05, 0.1) is 23.1 Å². The zero-order valence-corrected chi connectivity index (χ0v) is 12.6. The maximum atomic E-state index is 12.0. The second-order valence-electron chi connectivity index (χ2n) is 4.65. The first-order chi connectivity index (χ1) is 9.41. The lowest BCUT2D eigenvalue weighted by atomic mass is 10.2. The average Bonchev–Trinajstić information content (AvgIpc) is 2.71. The summed E-state index contributed by atoms with van der Waals surface area (Å²) in [6.45, 7) is 2.34. The minimum absolute atomic E-state index is 0.00347. The number of rotatable bonds is 4. The van der Waals surface area contributed by atoms with E-state index >= 15 is 0 Å². The van der Waals surface area contributed by atoms with Gasteiger partial charge in [-0.3, -0.25) is 4.79 Å². The van der Waals surface area contributed by atoms with Crippen LogP contribution in [0.5, 0.6) is 5.75 Å². The number of halogens is 1. The molecular formula is C13H16ClNO4S. The molecule has 1 aliphatic heterocycles. The Bertz CT molecular complexity index is 615. The van der Waals surface area contributed by atoms with Crippen LogP contribution in [0, 0.1) is 0 Å². The fourth-order valence-electron chi connectivity index (χ4n) is 2.09. The SMILES string of the molecule is CCOc1ccc(C(=O)NC2CCS(=O)(=O)C2)cc1Cl. The molecule has 1 aromatic carbocycles. The fourth-order valence-corrected chi connectivity index (χ4v) is 4.00. The van der Waals surface area contributed by atoms with Crippen LogP contribution in [0.4, 0.5) is 0 Å². The van der Waals surface area contributed by atoms with Gasteiger partial charge in [-0.05, 0) is 31.5 Å². The van der Waals surface area contributed by atoms with Gasteiger partial charge in [0, 0.05) is 11.6 Å². The van der Waals surface area contributed by atoms with Crippen molar-refractivity contribution in [1.29, 1.82) is 0 Å². The lowest BCUT2D eigenvalue weighted by Crippen LogP contribution is -2.35. The molecule has 1 atom stereocenters.